The van der Waals surface area contributed by atoms with Gasteiger partial charge >= 0.3 is 0 Å². The van der Waals surface area contributed by atoms with E-state index >= 15 is 0 Å². The van der Waals surface area contributed by atoms with Crippen molar-refractivity contribution in [3.8, 4) is 0 Å². The Morgan fingerprint density at radius 1 is 1.12 bits per heavy atom. The van der Waals surface area contributed by atoms with Gasteiger partial charge in [-0.1, -0.05) is 6.92 Å². The van der Waals surface area contributed by atoms with E-state index < -0.39 is 0 Å². The van der Waals surface area contributed by atoms with Crippen molar-refractivity contribution in [1.82, 2.24) is 14.9 Å². The minimum atomic E-state index is 0.230. The Morgan fingerprint density at radius 3 is 2.80 bits per heavy atom. The molecule has 0 atom stereocenters. The van der Waals surface area contributed by atoms with Crippen LogP contribution in [0.25, 0.3) is 10.2 Å². The summed E-state index contributed by atoms with van der Waals surface area (Å²) < 4.78 is 0. The van der Waals surface area contributed by atoms with Gasteiger partial charge in [0.2, 0.25) is 5.91 Å². The fourth-order valence-electron chi connectivity index (χ4n) is 4.08. The van der Waals surface area contributed by atoms with Crippen molar-refractivity contribution in [1.29, 1.82) is 0 Å². The molecule has 0 radical (unpaired) electrons. The van der Waals surface area contributed by atoms with Gasteiger partial charge in [0.15, 0.2) is 0 Å². The van der Waals surface area contributed by atoms with Crippen LogP contribution in [0.5, 0.6) is 0 Å². The van der Waals surface area contributed by atoms with Crippen LogP contribution in [-0.2, 0) is 17.6 Å². The number of carbonyl (C=O) groups excluding carboxylic acids is 1. The van der Waals surface area contributed by atoms with Crippen molar-refractivity contribution in [2.24, 2.45) is 0 Å². The molecule has 0 spiro atoms. The predicted octanol–water partition coefficient (Wildman–Crippen LogP) is 3.33. The summed E-state index contributed by atoms with van der Waals surface area (Å²) in [5.41, 5.74) is 1.45. The average Bonchev–Trinajstić information content (AvgIpc) is 2.86. The summed E-state index contributed by atoms with van der Waals surface area (Å²) >= 11 is 1.83. The lowest BCUT2D eigenvalue weighted by atomic mass is 9.97. The summed E-state index contributed by atoms with van der Waals surface area (Å²) in [5.74, 6) is 2.03. The number of nitrogens with zero attached hydrogens (tertiary/aromatic N) is 4. The largest absolute Gasteiger partial charge is 0.347 e. The summed E-state index contributed by atoms with van der Waals surface area (Å²) in [4.78, 5) is 29.0. The molecule has 0 saturated carbocycles. The van der Waals surface area contributed by atoms with E-state index in [-0.39, 0.29) is 5.91 Å². The maximum absolute atomic E-state index is 12.7. The second-order valence-electron chi connectivity index (χ2n) is 7.14. The molecular formula is C19H26N4OS. The van der Waals surface area contributed by atoms with Crippen molar-refractivity contribution in [2.45, 2.75) is 52.4 Å². The smallest absolute Gasteiger partial charge is 0.242 e. The number of aromatic nitrogens is 2. The Hall–Kier alpha value is -1.69. The van der Waals surface area contributed by atoms with Crippen molar-refractivity contribution in [3.05, 3.63) is 16.3 Å². The topological polar surface area (TPSA) is 49.3 Å². The summed E-state index contributed by atoms with van der Waals surface area (Å²) in [6.07, 6.45) is 6.82. The van der Waals surface area contributed by atoms with Gasteiger partial charge in [-0.25, -0.2) is 9.97 Å². The molecule has 0 bridgehead atoms. The first-order valence-corrected chi connectivity index (χ1v) is 10.3. The Bertz CT molecular complexity index is 800. The van der Waals surface area contributed by atoms with Crippen LogP contribution in [0, 0.1) is 6.92 Å². The van der Waals surface area contributed by atoms with Gasteiger partial charge in [-0.3, -0.25) is 4.79 Å². The molecule has 1 aliphatic carbocycles. The van der Waals surface area contributed by atoms with Gasteiger partial charge in [0.05, 0.1) is 11.9 Å². The number of hydrogen-bond donors (Lipinski definition) is 0. The zero-order valence-corrected chi connectivity index (χ0v) is 16.0. The van der Waals surface area contributed by atoms with Crippen molar-refractivity contribution >= 4 is 33.3 Å². The van der Waals surface area contributed by atoms with Crippen molar-refractivity contribution in [2.75, 3.05) is 31.1 Å². The number of carbonyl (C=O) groups is 1. The highest BCUT2D eigenvalue weighted by Gasteiger charge is 2.27. The standard InChI is InChI=1S/C19H26N4OS/c1-3-9-22-10-6-11-23(12-16(22)24)18-17-14-7-4-5-8-15(14)25-19(17)21-13(2)20-18/h3-12H2,1-2H3. The average molecular weight is 359 g/mol. The third-order valence-electron chi connectivity index (χ3n) is 5.24. The van der Waals surface area contributed by atoms with E-state index in [1.807, 2.05) is 23.2 Å². The molecule has 2 aromatic heterocycles. The zero-order valence-electron chi connectivity index (χ0n) is 15.2. The zero-order chi connectivity index (χ0) is 17.4. The van der Waals surface area contributed by atoms with Crippen molar-refractivity contribution < 1.29 is 4.79 Å². The number of fused-ring (bicyclic) bond motifs is 3. The Balaban J connectivity index is 1.75. The first kappa shape index (κ1) is 16.8. The first-order valence-electron chi connectivity index (χ1n) is 9.49. The quantitative estimate of drug-likeness (QED) is 0.844. The minimum absolute atomic E-state index is 0.230. The fourth-order valence-corrected chi connectivity index (χ4v) is 5.38. The molecule has 134 valence electrons. The van der Waals surface area contributed by atoms with Gasteiger partial charge in [-0.2, -0.15) is 0 Å². The predicted molar refractivity (Wildman–Crippen MR) is 102 cm³/mol. The fraction of sp³-hybridized carbons (Fsp3) is 0.632. The highest BCUT2D eigenvalue weighted by molar-refractivity contribution is 7.19. The van der Waals surface area contributed by atoms with Crippen LogP contribution < -0.4 is 4.90 Å². The van der Waals surface area contributed by atoms with Crippen LogP contribution >= 0.6 is 11.3 Å². The lowest BCUT2D eigenvalue weighted by Gasteiger charge is -2.23. The summed E-state index contributed by atoms with van der Waals surface area (Å²) in [7, 11) is 0. The third-order valence-corrected chi connectivity index (χ3v) is 6.42. The molecule has 1 saturated heterocycles. The maximum atomic E-state index is 12.7. The number of amides is 1. The number of hydrogen-bond acceptors (Lipinski definition) is 5. The molecule has 2 aliphatic rings. The molecule has 1 aliphatic heterocycles. The number of anilines is 1. The molecule has 0 unspecified atom stereocenters. The highest BCUT2D eigenvalue weighted by atomic mass is 32.1. The second-order valence-corrected chi connectivity index (χ2v) is 8.22. The number of rotatable bonds is 3. The van der Waals surface area contributed by atoms with E-state index in [0.29, 0.717) is 6.54 Å². The molecule has 5 nitrogen and oxygen atoms in total. The van der Waals surface area contributed by atoms with Crippen LogP contribution in [0.15, 0.2) is 0 Å². The minimum Gasteiger partial charge on any atom is -0.347 e. The van der Waals surface area contributed by atoms with Crippen LogP contribution in [-0.4, -0.2) is 47.0 Å². The maximum Gasteiger partial charge on any atom is 0.242 e. The molecule has 2 aromatic rings. The van der Waals surface area contributed by atoms with Crippen LogP contribution in [0.1, 0.15) is 48.9 Å². The molecule has 6 heteroatoms. The van der Waals surface area contributed by atoms with Crippen LogP contribution in [0.2, 0.25) is 0 Å². The van der Waals surface area contributed by atoms with Gasteiger partial charge in [0, 0.05) is 24.5 Å². The third kappa shape index (κ3) is 3.12. The number of thiophene rings is 1. The van der Waals surface area contributed by atoms with Gasteiger partial charge in [0.1, 0.15) is 16.5 Å². The number of aryl methyl sites for hydroxylation is 3. The highest BCUT2D eigenvalue weighted by Crippen LogP contribution is 2.39. The first-order chi connectivity index (χ1) is 12.2. The van der Waals surface area contributed by atoms with E-state index in [1.54, 1.807) is 0 Å². The lowest BCUT2D eigenvalue weighted by Crippen LogP contribution is -2.37. The molecule has 4 rings (SSSR count). The summed E-state index contributed by atoms with van der Waals surface area (Å²) in [5, 5.41) is 1.22. The van der Waals surface area contributed by atoms with Gasteiger partial charge in [-0.15, -0.1) is 11.3 Å². The molecule has 0 N–H and O–H groups in total. The second kappa shape index (κ2) is 6.90. The SMILES string of the molecule is CCCN1CCCN(c2nc(C)nc3sc4c(c23)CCCC4)CC1=O. The summed E-state index contributed by atoms with van der Waals surface area (Å²) in [6.45, 7) is 7.14. The van der Waals surface area contributed by atoms with Gasteiger partial charge in [0.25, 0.3) is 0 Å². The molecule has 1 amide bonds. The van der Waals surface area contributed by atoms with Gasteiger partial charge in [-0.05, 0) is 51.0 Å². The van der Waals surface area contributed by atoms with E-state index in [0.717, 1.165) is 61.8 Å². The summed E-state index contributed by atoms with van der Waals surface area (Å²) in [6, 6.07) is 0. The molecular weight excluding hydrogens is 332 g/mol. The molecule has 25 heavy (non-hydrogen) atoms. The normalized spacial score (nSPS) is 18.6. The Kier molecular flexibility index (Phi) is 4.63. The monoisotopic (exact) mass is 358 g/mol. The van der Waals surface area contributed by atoms with Crippen LogP contribution in [0.3, 0.4) is 0 Å². The molecule has 3 heterocycles. The molecule has 0 aromatic carbocycles. The van der Waals surface area contributed by atoms with Gasteiger partial charge < -0.3 is 9.80 Å². The van der Waals surface area contributed by atoms with E-state index in [2.05, 4.69) is 11.8 Å². The van der Waals surface area contributed by atoms with E-state index in [9.17, 15) is 4.79 Å². The Morgan fingerprint density at radius 2 is 1.96 bits per heavy atom. The van der Waals surface area contributed by atoms with Crippen molar-refractivity contribution in [3.63, 3.8) is 0 Å². The Labute approximate surface area is 153 Å². The van der Waals surface area contributed by atoms with E-state index in [1.165, 1.54) is 28.7 Å². The van der Waals surface area contributed by atoms with E-state index in [4.69, 9.17) is 9.97 Å². The van der Waals surface area contributed by atoms with Crippen LogP contribution in [0.4, 0.5) is 5.82 Å². The lowest BCUT2D eigenvalue weighted by molar-refractivity contribution is -0.129. The molecule has 1 fully saturated rings.